The predicted molar refractivity (Wildman–Crippen MR) is 111 cm³/mol. The fraction of sp³-hybridized carbons (Fsp3) is 0.167. The van der Waals surface area contributed by atoms with Gasteiger partial charge in [0.2, 0.25) is 0 Å². The van der Waals surface area contributed by atoms with Gasteiger partial charge in [-0.25, -0.2) is 0 Å². The molecule has 5 rings (SSSR count). The molecule has 28 heavy (non-hydrogen) atoms. The summed E-state index contributed by atoms with van der Waals surface area (Å²) in [7, 11) is 0. The van der Waals surface area contributed by atoms with Crippen LogP contribution in [0, 0.1) is 16.0 Å². The minimum absolute atomic E-state index is 0.0982. The molecule has 0 saturated heterocycles. The van der Waals surface area contributed by atoms with Crippen molar-refractivity contribution in [1.29, 1.82) is 0 Å². The SMILES string of the molecule is O=[N+]([O-])c1ccccc1[C@@H]1Nc2c(-c3ccccc3)cccc2[C@@H]2C=CC[C@@H]21. The Morgan fingerprint density at radius 3 is 2.46 bits per heavy atom. The summed E-state index contributed by atoms with van der Waals surface area (Å²) in [6.07, 6.45) is 5.40. The van der Waals surface area contributed by atoms with Crippen LogP contribution in [-0.2, 0) is 0 Å². The van der Waals surface area contributed by atoms with Crippen LogP contribution in [0.15, 0.2) is 84.9 Å². The van der Waals surface area contributed by atoms with Gasteiger partial charge in [-0.1, -0.05) is 78.9 Å². The Labute approximate surface area is 163 Å². The van der Waals surface area contributed by atoms with Gasteiger partial charge in [0.1, 0.15) is 0 Å². The highest BCUT2D eigenvalue weighted by Gasteiger charge is 2.40. The third-order valence-electron chi connectivity index (χ3n) is 5.95. The summed E-state index contributed by atoms with van der Waals surface area (Å²) >= 11 is 0. The number of nitro benzene ring substituents is 1. The van der Waals surface area contributed by atoms with Gasteiger partial charge in [-0.2, -0.15) is 0 Å². The number of nitro groups is 1. The minimum atomic E-state index is -0.271. The maximum absolute atomic E-state index is 11.7. The third kappa shape index (κ3) is 2.61. The first-order valence-electron chi connectivity index (χ1n) is 9.59. The van der Waals surface area contributed by atoms with Gasteiger partial charge in [0.15, 0.2) is 0 Å². The topological polar surface area (TPSA) is 55.2 Å². The molecule has 4 nitrogen and oxygen atoms in total. The van der Waals surface area contributed by atoms with Crippen LogP contribution in [0.3, 0.4) is 0 Å². The van der Waals surface area contributed by atoms with Crippen LogP contribution in [0.4, 0.5) is 11.4 Å². The number of hydrogen-bond donors (Lipinski definition) is 1. The number of benzene rings is 3. The van der Waals surface area contributed by atoms with Crippen molar-refractivity contribution in [1.82, 2.24) is 0 Å². The lowest BCUT2D eigenvalue weighted by atomic mass is 9.75. The van der Waals surface area contributed by atoms with E-state index in [0.717, 1.165) is 28.8 Å². The molecule has 0 radical (unpaired) electrons. The van der Waals surface area contributed by atoms with Crippen LogP contribution < -0.4 is 5.32 Å². The van der Waals surface area contributed by atoms with E-state index in [1.807, 2.05) is 30.3 Å². The zero-order chi connectivity index (χ0) is 19.1. The molecule has 1 aliphatic heterocycles. The summed E-state index contributed by atoms with van der Waals surface area (Å²) in [4.78, 5) is 11.4. The molecule has 0 fully saturated rings. The largest absolute Gasteiger partial charge is 0.377 e. The molecule has 0 amide bonds. The molecule has 138 valence electrons. The van der Waals surface area contributed by atoms with Crippen molar-refractivity contribution >= 4 is 11.4 Å². The van der Waals surface area contributed by atoms with Gasteiger partial charge < -0.3 is 5.32 Å². The van der Waals surface area contributed by atoms with Gasteiger partial charge in [0, 0.05) is 23.2 Å². The molecule has 0 bridgehead atoms. The average Bonchev–Trinajstić information content (AvgIpc) is 3.23. The first-order chi connectivity index (χ1) is 13.7. The van der Waals surface area contributed by atoms with Gasteiger partial charge in [-0.15, -0.1) is 0 Å². The maximum Gasteiger partial charge on any atom is 0.274 e. The lowest BCUT2D eigenvalue weighted by molar-refractivity contribution is -0.385. The molecule has 0 aromatic heterocycles. The number of nitrogens with one attached hydrogen (secondary N) is 1. The number of nitrogens with zero attached hydrogens (tertiary/aromatic N) is 1. The summed E-state index contributed by atoms with van der Waals surface area (Å²) in [6, 6.07) is 23.7. The van der Waals surface area contributed by atoms with E-state index < -0.39 is 0 Å². The minimum Gasteiger partial charge on any atom is -0.377 e. The molecule has 0 saturated carbocycles. The second kappa shape index (κ2) is 6.64. The normalized spacial score (nSPS) is 22.2. The van der Waals surface area contributed by atoms with E-state index in [0.29, 0.717) is 0 Å². The highest BCUT2D eigenvalue weighted by Crippen LogP contribution is 2.53. The summed E-state index contributed by atoms with van der Waals surface area (Å²) in [5, 5.41) is 15.4. The molecule has 0 spiro atoms. The first kappa shape index (κ1) is 16.8. The molecule has 1 aliphatic carbocycles. The van der Waals surface area contributed by atoms with E-state index in [1.165, 1.54) is 5.56 Å². The fourth-order valence-corrected chi connectivity index (χ4v) is 4.70. The van der Waals surface area contributed by atoms with Crippen molar-refractivity contribution in [3.63, 3.8) is 0 Å². The van der Waals surface area contributed by atoms with Crippen molar-refractivity contribution in [3.8, 4) is 11.1 Å². The molecule has 3 atom stereocenters. The highest BCUT2D eigenvalue weighted by molar-refractivity contribution is 5.82. The van der Waals surface area contributed by atoms with E-state index >= 15 is 0 Å². The van der Waals surface area contributed by atoms with Crippen molar-refractivity contribution in [2.45, 2.75) is 18.4 Å². The molecule has 3 aromatic carbocycles. The number of allylic oxidation sites excluding steroid dienone is 2. The van der Waals surface area contributed by atoms with Crippen LogP contribution in [0.25, 0.3) is 11.1 Å². The Kier molecular flexibility index (Phi) is 3.97. The Hall–Kier alpha value is -3.40. The Bertz CT molecular complexity index is 1070. The summed E-state index contributed by atoms with van der Waals surface area (Å²) in [5.41, 5.74) is 5.60. The van der Waals surface area contributed by atoms with Gasteiger partial charge >= 0.3 is 0 Å². The van der Waals surface area contributed by atoms with Gasteiger partial charge in [0.25, 0.3) is 5.69 Å². The highest BCUT2D eigenvalue weighted by atomic mass is 16.6. The van der Waals surface area contributed by atoms with Crippen molar-refractivity contribution in [3.05, 3.63) is 106 Å². The summed E-state index contributed by atoms with van der Waals surface area (Å²) in [5.74, 6) is 0.546. The Balaban J connectivity index is 1.68. The van der Waals surface area contributed by atoms with E-state index in [4.69, 9.17) is 0 Å². The van der Waals surface area contributed by atoms with Crippen LogP contribution in [0.1, 0.15) is 29.5 Å². The second-order valence-corrected chi connectivity index (χ2v) is 7.43. The van der Waals surface area contributed by atoms with Crippen molar-refractivity contribution < 1.29 is 4.92 Å². The quantitative estimate of drug-likeness (QED) is 0.346. The third-order valence-corrected chi connectivity index (χ3v) is 5.95. The molecule has 0 unspecified atom stereocenters. The zero-order valence-corrected chi connectivity index (χ0v) is 15.3. The van der Waals surface area contributed by atoms with Gasteiger partial charge in [-0.3, -0.25) is 10.1 Å². The predicted octanol–water partition coefficient (Wildman–Crippen LogP) is 6.09. The molecular formula is C24H20N2O2. The number of rotatable bonds is 3. The molecular weight excluding hydrogens is 348 g/mol. The smallest absolute Gasteiger partial charge is 0.274 e. The number of hydrogen-bond acceptors (Lipinski definition) is 3. The number of para-hydroxylation sites is 2. The lowest BCUT2D eigenvalue weighted by Crippen LogP contribution is -2.30. The van der Waals surface area contributed by atoms with E-state index in [9.17, 15) is 10.1 Å². The van der Waals surface area contributed by atoms with Gasteiger partial charge in [0.05, 0.1) is 16.5 Å². The number of fused-ring (bicyclic) bond motifs is 3. The molecule has 4 heteroatoms. The molecule has 1 heterocycles. The maximum atomic E-state index is 11.7. The van der Waals surface area contributed by atoms with Crippen LogP contribution >= 0.6 is 0 Å². The van der Waals surface area contributed by atoms with E-state index in [2.05, 4.69) is 47.8 Å². The Morgan fingerprint density at radius 2 is 1.64 bits per heavy atom. The fourth-order valence-electron chi connectivity index (χ4n) is 4.70. The Morgan fingerprint density at radius 1 is 0.893 bits per heavy atom. The van der Waals surface area contributed by atoms with Crippen molar-refractivity contribution in [2.24, 2.45) is 5.92 Å². The van der Waals surface area contributed by atoms with E-state index in [-0.39, 0.29) is 28.5 Å². The second-order valence-electron chi connectivity index (χ2n) is 7.43. The zero-order valence-electron chi connectivity index (χ0n) is 15.3. The molecule has 1 N–H and O–H groups in total. The van der Waals surface area contributed by atoms with Crippen LogP contribution in [0.5, 0.6) is 0 Å². The molecule has 2 aliphatic rings. The summed E-state index contributed by atoms with van der Waals surface area (Å²) in [6.45, 7) is 0. The average molecular weight is 368 g/mol. The van der Waals surface area contributed by atoms with Gasteiger partial charge in [-0.05, 0) is 23.5 Å². The monoisotopic (exact) mass is 368 g/mol. The molecule has 3 aromatic rings. The van der Waals surface area contributed by atoms with Crippen LogP contribution in [-0.4, -0.2) is 4.92 Å². The summed E-state index contributed by atoms with van der Waals surface area (Å²) < 4.78 is 0. The van der Waals surface area contributed by atoms with Crippen molar-refractivity contribution in [2.75, 3.05) is 5.32 Å². The lowest BCUT2D eigenvalue weighted by Gasteiger charge is -2.38. The van der Waals surface area contributed by atoms with Crippen LogP contribution in [0.2, 0.25) is 0 Å². The van der Waals surface area contributed by atoms with E-state index in [1.54, 1.807) is 12.1 Å². The number of anilines is 1. The first-order valence-corrected chi connectivity index (χ1v) is 9.59. The standard InChI is InChI=1S/C24H20N2O2/c27-26(28)22-15-5-4-10-21(22)24-20-14-7-12-18(20)19-13-6-11-17(23(19)25-24)16-8-2-1-3-9-16/h1-13,15,18,20,24-25H,14H2/t18-,20-,24+/m0/s1.